The SMILES string of the molecule is Cn1nnnc1SCc1ccccc1C=CC(=O)O. The molecule has 2 rings (SSSR count). The Hall–Kier alpha value is -2.15. The molecule has 1 heterocycles. The largest absolute Gasteiger partial charge is 0.478 e. The Morgan fingerprint density at radius 1 is 1.47 bits per heavy atom. The molecule has 1 aromatic heterocycles. The van der Waals surface area contributed by atoms with Crippen LogP contribution in [0.3, 0.4) is 0 Å². The monoisotopic (exact) mass is 276 g/mol. The number of benzene rings is 1. The van der Waals surface area contributed by atoms with Crippen LogP contribution in [-0.4, -0.2) is 31.3 Å². The molecule has 1 N–H and O–H groups in total. The molecule has 98 valence electrons. The van der Waals surface area contributed by atoms with Crippen LogP contribution in [0.5, 0.6) is 0 Å². The van der Waals surface area contributed by atoms with E-state index in [1.165, 1.54) is 11.8 Å². The quantitative estimate of drug-likeness (QED) is 0.660. The van der Waals surface area contributed by atoms with E-state index in [-0.39, 0.29) is 0 Å². The average molecular weight is 276 g/mol. The Morgan fingerprint density at radius 3 is 2.95 bits per heavy atom. The van der Waals surface area contributed by atoms with Crippen LogP contribution in [0, 0.1) is 0 Å². The van der Waals surface area contributed by atoms with Crippen molar-refractivity contribution in [2.45, 2.75) is 10.9 Å². The molecule has 0 unspecified atom stereocenters. The molecular weight excluding hydrogens is 264 g/mol. The van der Waals surface area contributed by atoms with E-state index < -0.39 is 5.97 Å². The summed E-state index contributed by atoms with van der Waals surface area (Å²) in [5, 5.41) is 20.6. The highest BCUT2D eigenvalue weighted by atomic mass is 32.2. The van der Waals surface area contributed by atoms with Gasteiger partial charge in [-0.1, -0.05) is 36.0 Å². The van der Waals surface area contributed by atoms with Gasteiger partial charge < -0.3 is 5.11 Å². The van der Waals surface area contributed by atoms with E-state index in [0.717, 1.165) is 22.4 Å². The number of aromatic nitrogens is 4. The maximum atomic E-state index is 10.6. The summed E-state index contributed by atoms with van der Waals surface area (Å²) < 4.78 is 1.60. The standard InChI is InChI=1S/C12H12N4O2S/c1-16-12(13-14-15-16)19-8-10-5-3-2-4-9(10)6-7-11(17)18/h2-7H,8H2,1H3,(H,17,18). The second-order valence-corrected chi connectivity index (χ2v) is 4.69. The van der Waals surface area contributed by atoms with Gasteiger partial charge in [0.2, 0.25) is 5.16 Å². The van der Waals surface area contributed by atoms with E-state index in [4.69, 9.17) is 5.11 Å². The van der Waals surface area contributed by atoms with Crippen LogP contribution in [0.2, 0.25) is 0 Å². The van der Waals surface area contributed by atoms with Gasteiger partial charge in [-0.25, -0.2) is 9.48 Å². The molecule has 0 saturated heterocycles. The van der Waals surface area contributed by atoms with Gasteiger partial charge in [-0.3, -0.25) is 0 Å². The van der Waals surface area contributed by atoms with E-state index in [2.05, 4.69) is 15.5 Å². The Kier molecular flexibility index (Phi) is 4.30. The first-order chi connectivity index (χ1) is 9.16. The summed E-state index contributed by atoms with van der Waals surface area (Å²) in [6, 6.07) is 7.63. The van der Waals surface area contributed by atoms with Crippen molar-refractivity contribution in [3.05, 3.63) is 41.5 Å². The van der Waals surface area contributed by atoms with Crippen molar-refractivity contribution < 1.29 is 9.90 Å². The van der Waals surface area contributed by atoms with Crippen LogP contribution in [0.25, 0.3) is 6.08 Å². The van der Waals surface area contributed by atoms with Crippen LogP contribution >= 0.6 is 11.8 Å². The van der Waals surface area contributed by atoms with Gasteiger partial charge in [-0.15, -0.1) is 5.10 Å². The van der Waals surface area contributed by atoms with Gasteiger partial charge in [0.05, 0.1) is 0 Å². The van der Waals surface area contributed by atoms with Crippen molar-refractivity contribution in [2.24, 2.45) is 7.05 Å². The van der Waals surface area contributed by atoms with Crippen molar-refractivity contribution in [1.29, 1.82) is 0 Å². The fourth-order valence-corrected chi connectivity index (χ4v) is 2.34. The number of thioether (sulfide) groups is 1. The molecule has 0 bridgehead atoms. The van der Waals surface area contributed by atoms with Crippen LogP contribution in [0.15, 0.2) is 35.5 Å². The maximum absolute atomic E-state index is 10.6. The molecule has 2 aromatic rings. The molecule has 0 atom stereocenters. The number of hydrogen-bond donors (Lipinski definition) is 1. The zero-order chi connectivity index (χ0) is 13.7. The third-order valence-electron chi connectivity index (χ3n) is 2.40. The van der Waals surface area contributed by atoms with Gasteiger partial charge >= 0.3 is 5.97 Å². The topological polar surface area (TPSA) is 80.9 Å². The van der Waals surface area contributed by atoms with Crippen molar-refractivity contribution >= 4 is 23.8 Å². The molecule has 0 aliphatic rings. The minimum Gasteiger partial charge on any atom is -0.478 e. The van der Waals surface area contributed by atoms with E-state index >= 15 is 0 Å². The first-order valence-corrected chi connectivity index (χ1v) is 6.49. The van der Waals surface area contributed by atoms with E-state index in [1.54, 1.807) is 17.8 Å². The minimum absolute atomic E-state index is 0.675. The molecule has 7 heteroatoms. The summed E-state index contributed by atoms with van der Waals surface area (Å²) in [4.78, 5) is 10.6. The number of hydrogen-bond acceptors (Lipinski definition) is 5. The predicted molar refractivity (Wildman–Crippen MR) is 71.5 cm³/mol. The Morgan fingerprint density at radius 2 is 2.26 bits per heavy atom. The number of carbonyl (C=O) groups is 1. The van der Waals surface area contributed by atoms with E-state index in [1.807, 2.05) is 24.3 Å². The third-order valence-corrected chi connectivity index (χ3v) is 3.46. The highest BCUT2D eigenvalue weighted by Gasteiger charge is 2.05. The normalized spacial score (nSPS) is 11.0. The van der Waals surface area contributed by atoms with Gasteiger partial charge in [0.25, 0.3) is 0 Å². The van der Waals surface area contributed by atoms with Gasteiger partial charge in [0.1, 0.15) is 0 Å². The van der Waals surface area contributed by atoms with Crippen molar-refractivity contribution in [1.82, 2.24) is 20.2 Å². The van der Waals surface area contributed by atoms with Crippen LogP contribution < -0.4 is 0 Å². The summed E-state index contributed by atoms with van der Waals surface area (Å²) in [5.74, 6) is -0.283. The van der Waals surface area contributed by atoms with Gasteiger partial charge in [-0.05, 0) is 27.6 Å². The maximum Gasteiger partial charge on any atom is 0.328 e. The highest BCUT2D eigenvalue weighted by Crippen LogP contribution is 2.22. The summed E-state index contributed by atoms with van der Waals surface area (Å²) in [6.45, 7) is 0. The first kappa shape index (κ1) is 13.3. The summed E-state index contributed by atoms with van der Waals surface area (Å²) >= 11 is 1.50. The zero-order valence-electron chi connectivity index (χ0n) is 10.2. The average Bonchev–Trinajstić information content (AvgIpc) is 2.80. The number of aryl methyl sites for hydroxylation is 1. The Balaban J connectivity index is 2.12. The van der Waals surface area contributed by atoms with E-state index in [9.17, 15) is 4.79 Å². The summed E-state index contributed by atoms with van der Waals surface area (Å²) in [5.41, 5.74) is 1.92. The zero-order valence-corrected chi connectivity index (χ0v) is 11.0. The summed E-state index contributed by atoms with van der Waals surface area (Å²) in [7, 11) is 1.78. The fourth-order valence-electron chi connectivity index (χ4n) is 1.48. The Labute approximate surface area is 114 Å². The molecular formula is C12H12N4O2S. The van der Waals surface area contributed by atoms with Gasteiger partial charge in [0.15, 0.2) is 0 Å². The van der Waals surface area contributed by atoms with Gasteiger partial charge in [-0.2, -0.15) is 0 Å². The summed E-state index contributed by atoms with van der Waals surface area (Å²) in [6.07, 6.45) is 2.72. The molecule has 6 nitrogen and oxygen atoms in total. The lowest BCUT2D eigenvalue weighted by Gasteiger charge is -2.04. The molecule has 1 aromatic carbocycles. The first-order valence-electron chi connectivity index (χ1n) is 5.51. The molecule has 0 fully saturated rings. The number of rotatable bonds is 5. The van der Waals surface area contributed by atoms with Crippen LogP contribution in [0.4, 0.5) is 0 Å². The van der Waals surface area contributed by atoms with Crippen LogP contribution in [0.1, 0.15) is 11.1 Å². The smallest absolute Gasteiger partial charge is 0.328 e. The minimum atomic E-state index is -0.958. The van der Waals surface area contributed by atoms with Crippen LogP contribution in [-0.2, 0) is 17.6 Å². The molecule has 0 spiro atoms. The molecule has 0 aliphatic heterocycles. The predicted octanol–water partition coefficient (Wildman–Crippen LogP) is 1.60. The van der Waals surface area contributed by atoms with Crippen molar-refractivity contribution in [3.63, 3.8) is 0 Å². The highest BCUT2D eigenvalue weighted by molar-refractivity contribution is 7.98. The van der Waals surface area contributed by atoms with Crippen molar-refractivity contribution in [2.75, 3.05) is 0 Å². The third kappa shape index (κ3) is 3.65. The Bertz CT molecular complexity index is 609. The number of carboxylic acids is 1. The fraction of sp³-hybridized carbons (Fsp3) is 0.167. The number of nitrogens with zero attached hydrogens (tertiary/aromatic N) is 4. The van der Waals surface area contributed by atoms with Crippen molar-refractivity contribution in [3.8, 4) is 0 Å². The van der Waals surface area contributed by atoms with Gasteiger partial charge in [0, 0.05) is 18.9 Å². The second-order valence-electron chi connectivity index (χ2n) is 3.74. The molecule has 0 saturated carbocycles. The lowest BCUT2D eigenvalue weighted by Crippen LogP contribution is -1.94. The van der Waals surface area contributed by atoms with E-state index in [0.29, 0.717) is 5.75 Å². The second kappa shape index (κ2) is 6.14. The molecule has 0 amide bonds. The lowest BCUT2D eigenvalue weighted by molar-refractivity contribution is -0.131. The number of tetrazole rings is 1. The molecule has 0 radical (unpaired) electrons. The number of aliphatic carboxylic acids is 1. The molecule has 0 aliphatic carbocycles. The lowest BCUT2D eigenvalue weighted by atomic mass is 10.1. The number of carboxylic acid groups (broad SMARTS) is 1. The molecule has 19 heavy (non-hydrogen) atoms.